The average molecular weight is 346 g/mol. The molecule has 5 heteroatoms. The Bertz CT molecular complexity index is 867. The summed E-state index contributed by atoms with van der Waals surface area (Å²) in [5.74, 6) is 0.596. The van der Waals surface area contributed by atoms with Crippen LogP contribution in [0.25, 0.3) is 22.6 Å². The van der Waals surface area contributed by atoms with Crippen LogP contribution in [0.5, 0.6) is 0 Å². The molecule has 0 aliphatic carbocycles. The summed E-state index contributed by atoms with van der Waals surface area (Å²) in [6, 6.07) is 19.9. The monoisotopic (exact) mass is 346 g/mol. The maximum absolute atomic E-state index is 6.05. The molecule has 0 amide bonds. The first-order chi connectivity index (χ1) is 12.9. The average Bonchev–Trinajstić information content (AvgIpc) is 3.01. The highest BCUT2D eigenvalue weighted by molar-refractivity contribution is 5.67. The number of nitrogens with zero attached hydrogens (tertiary/aromatic N) is 4. The van der Waals surface area contributed by atoms with Crippen molar-refractivity contribution in [1.82, 2.24) is 15.1 Å². The fourth-order valence-electron chi connectivity index (χ4n) is 4.02. The van der Waals surface area contributed by atoms with Gasteiger partial charge in [-0.1, -0.05) is 47.6 Å². The first kappa shape index (κ1) is 15.6. The zero-order valence-corrected chi connectivity index (χ0v) is 14.7. The SMILES string of the molecule is c1ccc(-c2ccc(-c3nnc(N4CCN5CCC4CC5)o3)cc2)cc1. The molecular weight excluding hydrogens is 324 g/mol. The standard InChI is InChI=1S/C21H22N4O/c1-2-4-16(5-3-1)17-6-8-18(9-7-17)20-22-23-21(26-20)25-15-14-24-12-10-19(25)11-13-24/h1-9,19H,10-15H2. The van der Waals surface area contributed by atoms with Crippen molar-refractivity contribution in [3.05, 3.63) is 54.6 Å². The van der Waals surface area contributed by atoms with Crippen molar-refractivity contribution in [3.63, 3.8) is 0 Å². The fraction of sp³-hybridized carbons (Fsp3) is 0.333. The van der Waals surface area contributed by atoms with Crippen molar-refractivity contribution in [2.75, 3.05) is 31.1 Å². The van der Waals surface area contributed by atoms with E-state index < -0.39 is 0 Å². The predicted molar refractivity (Wildman–Crippen MR) is 102 cm³/mol. The Morgan fingerprint density at radius 2 is 1.42 bits per heavy atom. The highest BCUT2D eigenvalue weighted by atomic mass is 16.4. The number of fused-ring (bicyclic) bond motifs is 4. The van der Waals surface area contributed by atoms with E-state index >= 15 is 0 Å². The lowest BCUT2D eigenvalue weighted by molar-refractivity contribution is 0.249. The van der Waals surface area contributed by atoms with Gasteiger partial charge in [0, 0.05) is 37.8 Å². The third kappa shape index (κ3) is 2.88. The van der Waals surface area contributed by atoms with E-state index in [0.717, 1.165) is 18.7 Å². The van der Waals surface area contributed by atoms with Gasteiger partial charge < -0.3 is 14.2 Å². The summed E-state index contributed by atoms with van der Waals surface area (Å²) in [5, 5.41) is 8.65. The van der Waals surface area contributed by atoms with Gasteiger partial charge in [-0.15, -0.1) is 5.10 Å². The lowest BCUT2D eigenvalue weighted by Crippen LogP contribution is -2.38. The predicted octanol–water partition coefficient (Wildman–Crippen LogP) is 3.69. The maximum Gasteiger partial charge on any atom is 0.318 e. The largest absolute Gasteiger partial charge is 0.403 e. The molecule has 0 spiro atoms. The van der Waals surface area contributed by atoms with Crippen LogP contribution in [0.3, 0.4) is 0 Å². The van der Waals surface area contributed by atoms with Gasteiger partial charge in [-0.2, -0.15) is 0 Å². The summed E-state index contributed by atoms with van der Waals surface area (Å²) in [4.78, 5) is 4.83. The van der Waals surface area contributed by atoms with Crippen LogP contribution in [-0.2, 0) is 0 Å². The minimum Gasteiger partial charge on any atom is -0.403 e. The van der Waals surface area contributed by atoms with Gasteiger partial charge in [-0.25, -0.2) is 0 Å². The van der Waals surface area contributed by atoms with Crippen LogP contribution in [0.1, 0.15) is 12.8 Å². The molecule has 3 saturated heterocycles. The van der Waals surface area contributed by atoms with Gasteiger partial charge in [0.2, 0.25) is 5.89 Å². The number of anilines is 1. The first-order valence-corrected chi connectivity index (χ1v) is 9.35. The molecular formula is C21H22N4O. The molecule has 3 fully saturated rings. The molecule has 2 bridgehead atoms. The molecule has 132 valence electrons. The smallest absolute Gasteiger partial charge is 0.318 e. The third-order valence-electron chi connectivity index (χ3n) is 5.55. The molecule has 3 aliphatic rings. The van der Waals surface area contributed by atoms with Crippen molar-refractivity contribution in [2.24, 2.45) is 0 Å². The second kappa shape index (κ2) is 6.57. The zero-order chi connectivity index (χ0) is 17.3. The molecule has 0 saturated carbocycles. The van der Waals surface area contributed by atoms with Crippen molar-refractivity contribution >= 4 is 6.01 Å². The van der Waals surface area contributed by atoms with Crippen molar-refractivity contribution in [1.29, 1.82) is 0 Å². The molecule has 0 radical (unpaired) electrons. The van der Waals surface area contributed by atoms with E-state index in [4.69, 9.17) is 4.42 Å². The van der Waals surface area contributed by atoms with Gasteiger partial charge in [0.1, 0.15) is 0 Å². The fourth-order valence-corrected chi connectivity index (χ4v) is 4.02. The van der Waals surface area contributed by atoms with Crippen LogP contribution < -0.4 is 4.90 Å². The van der Waals surface area contributed by atoms with Crippen molar-refractivity contribution < 1.29 is 4.42 Å². The summed E-state index contributed by atoms with van der Waals surface area (Å²) in [5.41, 5.74) is 3.36. The molecule has 5 nitrogen and oxygen atoms in total. The summed E-state index contributed by atoms with van der Waals surface area (Å²) in [7, 11) is 0. The van der Waals surface area contributed by atoms with Gasteiger partial charge >= 0.3 is 6.01 Å². The highest BCUT2D eigenvalue weighted by Crippen LogP contribution is 2.29. The van der Waals surface area contributed by atoms with E-state index in [-0.39, 0.29) is 0 Å². The Balaban J connectivity index is 1.38. The second-order valence-corrected chi connectivity index (χ2v) is 7.10. The number of piperidine rings is 1. The van der Waals surface area contributed by atoms with Crippen LogP contribution >= 0.6 is 0 Å². The minimum absolute atomic E-state index is 0.530. The van der Waals surface area contributed by atoms with E-state index in [1.165, 1.54) is 37.1 Å². The van der Waals surface area contributed by atoms with Crippen molar-refractivity contribution in [2.45, 2.75) is 18.9 Å². The molecule has 3 aliphatic heterocycles. The number of hydrogen-bond acceptors (Lipinski definition) is 5. The molecule has 6 rings (SSSR count). The molecule has 4 heterocycles. The van der Waals surface area contributed by atoms with E-state index in [0.29, 0.717) is 17.9 Å². The zero-order valence-electron chi connectivity index (χ0n) is 14.7. The van der Waals surface area contributed by atoms with Crippen LogP contribution in [0.2, 0.25) is 0 Å². The van der Waals surface area contributed by atoms with E-state index in [1.54, 1.807) is 0 Å². The Morgan fingerprint density at radius 1 is 0.731 bits per heavy atom. The maximum atomic E-state index is 6.05. The van der Waals surface area contributed by atoms with Crippen molar-refractivity contribution in [3.8, 4) is 22.6 Å². The third-order valence-corrected chi connectivity index (χ3v) is 5.55. The molecule has 0 unspecified atom stereocenters. The summed E-state index contributed by atoms with van der Waals surface area (Å²) >= 11 is 0. The Kier molecular flexibility index (Phi) is 3.94. The molecule has 3 aromatic rings. The van der Waals surface area contributed by atoms with E-state index in [9.17, 15) is 0 Å². The van der Waals surface area contributed by atoms with Crippen LogP contribution in [0.15, 0.2) is 59.0 Å². The quantitative estimate of drug-likeness (QED) is 0.724. The lowest BCUT2D eigenvalue weighted by Gasteiger charge is -2.29. The Morgan fingerprint density at radius 3 is 2.19 bits per heavy atom. The highest BCUT2D eigenvalue weighted by Gasteiger charge is 2.31. The molecule has 0 N–H and O–H groups in total. The minimum atomic E-state index is 0.530. The Hall–Kier alpha value is -2.66. The summed E-state index contributed by atoms with van der Waals surface area (Å²) in [6.07, 6.45) is 2.37. The number of hydrogen-bond donors (Lipinski definition) is 0. The summed E-state index contributed by atoms with van der Waals surface area (Å²) in [6.45, 7) is 4.42. The van der Waals surface area contributed by atoms with E-state index in [1.807, 2.05) is 6.07 Å². The second-order valence-electron chi connectivity index (χ2n) is 7.10. The van der Waals surface area contributed by atoms with Gasteiger partial charge in [0.15, 0.2) is 0 Å². The van der Waals surface area contributed by atoms with Crippen LogP contribution in [0, 0.1) is 0 Å². The van der Waals surface area contributed by atoms with Gasteiger partial charge in [-0.05, 0) is 36.1 Å². The first-order valence-electron chi connectivity index (χ1n) is 9.35. The molecule has 2 aromatic carbocycles. The van der Waals surface area contributed by atoms with Gasteiger partial charge in [0.05, 0.1) is 0 Å². The normalized spacial score (nSPS) is 22.4. The number of rotatable bonds is 3. The Labute approximate surface area is 153 Å². The van der Waals surface area contributed by atoms with Gasteiger partial charge in [-0.3, -0.25) is 0 Å². The number of benzene rings is 2. The van der Waals surface area contributed by atoms with Crippen LogP contribution in [0.4, 0.5) is 6.01 Å². The van der Waals surface area contributed by atoms with E-state index in [2.05, 4.69) is 68.5 Å². The lowest BCUT2D eigenvalue weighted by atomic mass is 10.0. The number of aromatic nitrogens is 2. The topological polar surface area (TPSA) is 45.4 Å². The van der Waals surface area contributed by atoms with Crippen LogP contribution in [-0.4, -0.2) is 47.3 Å². The molecule has 0 atom stereocenters. The summed E-state index contributed by atoms with van der Waals surface area (Å²) < 4.78 is 6.05. The van der Waals surface area contributed by atoms with Gasteiger partial charge in [0.25, 0.3) is 0 Å². The molecule has 26 heavy (non-hydrogen) atoms. The molecule has 1 aromatic heterocycles.